The Morgan fingerprint density at radius 2 is 2.23 bits per heavy atom. The number of ether oxygens (including phenoxy) is 1. The molecule has 3 aromatic rings. The summed E-state index contributed by atoms with van der Waals surface area (Å²) in [7, 11) is 0. The third-order valence-electron chi connectivity index (χ3n) is 4.79. The van der Waals surface area contributed by atoms with E-state index < -0.39 is 0 Å². The molecule has 0 N–H and O–H groups in total. The monoisotopic (exact) mass is 356 g/mol. The molecule has 136 valence electrons. The number of benzene rings is 1. The van der Waals surface area contributed by atoms with Gasteiger partial charge >= 0.3 is 0 Å². The minimum absolute atomic E-state index is 0.198. The minimum Gasteiger partial charge on any atom is -0.381 e. The fourth-order valence-electron chi connectivity index (χ4n) is 3.52. The Hall–Kier alpha value is -2.54. The Morgan fingerprint density at radius 3 is 2.96 bits per heavy atom. The normalized spacial score (nSPS) is 17.2. The predicted molar refractivity (Wildman–Crippen MR) is 94.9 cm³/mol. The van der Waals surface area contributed by atoms with Crippen molar-refractivity contribution >= 4 is 5.65 Å². The van der Waals surface area contributed by atoms with Crippen molar-refractivity contribution in [2.45, 2.75) is 38.6 Å². The van der Waals surface area contributed by atoms with Crippen LogP contribution in [0.15, 0.2) is 35.3 Å². The van der Waals surface area contributed by atoms with Crippen molar-refractivity contribution in [3.05, 3.63) is 63.7 Å². The van der Waals surface area contributed by atoms with Gasteiger partial charge in [-0.15, -0.1) is 10.2 Å². The number of hydrogen-bond donors (Lipinski definition) is 0. The van der Waals surface area contributed by atoms with Gasteiger partial charge in [0.15, 0.2) is 0 Å². The molecule has 4 rings (SSSR count). The molecular formula is C19H21FN4O2. The molecule has 0 radical (unpaired) electrons. The lowest BCUT2D eigenvalue weighted by molar-refractivity contribution is 0.193. The summed E-state index contributed by atoms with van der Waals surface area (Å²) in [6.45, 7) is 3.70. The zero-order chi connectivity index (χ0) is 18.1. The molecule has 7 heteroatoms. The molecule has 1 aromatic carbocycles. The number of fused-ring (bicyclic) bond motifs is 1. The third-order valence-corrected chi connectivity index (χ3v) is 4.79. The van der Waals surface area contributed by atoms with Crippen molar-refractivity contribution in [1.82, 2.24) is 19.2 Å². The van der Waals surface area contributed by atoms with Gasteiger partial charge in [-0.3, -0.25) is 9.20 Å². The highest BCUT2D eigenvalue weighted by Gasteiger charge is 2.24. The molecule has 1 aliphatic rings. The summed E-state index contributed by atoms with van der Waals surface area (Å²) in [5, 5.41) is 8.39. The number of nitrogens with zero attached hydrogens (tertiary/aromatic N) is 4. The van der Waals surface area contributed by atoms with Gasteiger partial charge in [0, 0.05) is 30.8 Å². The van der Waals surface area contributed by atoms with Crippen molar-refractivity contribution in [2.24, 2.45) is 0 Å². The largest absolute Gasteiger partial charge is 0.381 e. The first-order valence-electron chi connectivity index (χ1n) is 8.97. The lowest BCUT2D eigenvalue weighted by atomic mass is 10.0. The van der Waals surface area contributed by atoms with Crippen LogP contribution in [0.1, 0.15) is 42.8 Å². The smallest absolute Gasteiger partial charge is 0.296 e. The van der Waals surface area contributed by atoms with E-state index >= 15 is 0 Å². The first-order valence-corrected chi connectivity index (χ1v) is 8.97. The van der Waals surface area contributed by atoms with E-state index in [2.05, 4.69) is 17.1 Å². The second kappa shape index (κ2) is 6.99. The molecule has 26 heavy (non-hydrogen) atoms. The van der Waals surface area contributed by atoms with Crippen LogP contribution in [0.5, 0.6) is 0 Å². The minimum atomic E-state index is -0.311. The molecule has 0 unspecified atom stereocenters. The van der Waals surface area contributed by atoms with Crippen molar-refractivity contribution < 1.29 is 9.13 Å². The highest BCUT2D eigenvalue weighted by atomic mass is 19.1. The molecule has 2 aromatic heterocycles. The molecule has 0 bridgehead atoms. The Kier molecular flexibility index (Phi) is 4.55. The number of rotatable bonds is 5. The van der Waals surface area contributed by atoms with Crippen molar-refractivity contribution in [2.75, 3.05) is 13.2 Å². The van der Waals surface area contributed by atoms with E-state index in [1.165, 1.54) is 12.1 Å². The van der Waals surface area contributed by atoms with E-state index in [0.29, 0.717) is 25.4 Å². The van der Waals surface area contributed by atoms with Gasteiger partial charge in [-0.05, 0) is 30.5 Å². The van der Waals surface area contributed by atoms with Crippen LogP contribution < -0.4 is 5.56 Å². The lowest BCUT2D eigenvalue weighted by Gasteiger charge is -2.16. The van der Waals surface area contributed by atoms with Crippen LogP contribution in [0.3, 0.4) is 0 Å². The Morgan fingerprint density at radius 1 is 1.35 bits per heavy atom. The summed E-state index contributed by atoms with van der Waals surface area (Å²) in [6.07, 6.45) is 4.45. The average molecular weight is 356 g/mol. The molecule has 0 amide bonds. The molecule has 1 aliphatic heterocycles. The zero-order valence-electron chi connectivity index (χ0n) is 14.7. The Labute approximate surface area is 150 Å². The summed E-state index contributed by atoms with van der Waals surface area (Å²) in [5.41, 5.74) is 1.83. The van der Waals surface area contributed by atoms with Crippen molar-refractivity contribution in [3.8, 4) is 0 Å². The van der Waals surface area contributed by atoms with E-state index in [1.54, 1.807) is 10.6 Å². The third kappa shape index (κ3) is 3.03. The van der Waals surface area contributed by atoms with E-state index in [-0.39, 0.29) is 17.3 Å². The van der Waals surface area contributed by atoms with Crippen LogP contribution in [-0.4, -0.2) is 32.4 Å². The van der Waals surface area contributed by atoms with Gasteiger partial charge in [-0.1, -0.05) is 19.1 Å². The number of aromatic nitrogens is 4. The standard InChI is InChI=1S/C19H21FN4O2/c1-2-4-17-21-22-18-19(25)23(10-13-5-3-6-15(20)9-13)11-16(24(17)18)14-7-8-26-12-14/h3,5-6,9,11,14H,2,4,7-8,10,12H2,1H3/t14-/m1/s1. The highest BCUT2D eigenvalue weighted by Crippen LogP contribution is 2.26. The summed E-state index contributed by atoms with van der Waals surface area (Å²) in [4.78, 5) is 12.9. The molecule has 1 atom stereocenters. The highest BCUT2D eigenvalue weighted by molar-refractivity contribution is 5.39. The van der Waals surface area contributed by atoms with Gasteiger partial charge in [-0.2, -0.15) is 0 Å². The fourth-order valence-corrected chi connectivity index (χ4v) is 3.52. The van der Waals surface area contributed by atoms with Gasteiger partial charge in [0.2, 0.25) is 5.65 Å². The quantitative estimate of drug-likeness (QED) is 0.705. The Balaban J connectivity index is 1.86. The van der Waals surface area contributed by atoms with Gasteiger partial charge in [-0.25, -0.2) is 4.39 Å². The molecule has 0 spiro atoms. The summed E-state index contributed by atoms with van der Waals surface area (Å²) in [6, 6.07) is 6.30. The van der Waals surface area contributed by atoms with E-state index in [4.69, 9.17) is 4.74 Å². The molecular weight excluding hydrogens is 335 g/mol. The second-order valence-electron chi connectivity index (χ2n) is 6.70. The van der Waals surface area contributed by atoms with Crippen LogP contribution >= 0.6 is 0 Å². The van der Waals surface area contributed by atoms with Gasteiger partial charge in [0.05, 0.1) is 13.2 Å². The van der Waals surface area contributed by atoms with Crippen LogP contribution in [-0.2, 0) is 17.7 Å². The van der Waals surface area contributed by atoms with Gasteiger partial charge in [0.25, 0.3) is 5.56 Å². The van der Waals surface area contributed by atoms with E-state index in [0.717, 1.165) is 36.3 Å². The lowest BCUT2D eigenvalue weighted by Crippen LogP contribution is -2.26. The second-order valence-corrected chi connectivity index (χ2v) is 6.70. The summed E-state index contributed by atoms with van der Waals surface area (Å²) < 4.78 is 22.6. The summed E-state index contributed by atoms with van der Waals surface area (Å²) >= 11 is 0. The number of halogens is 1. The van der Waals surface area contributed by atoms with Gasteiger partial charge < -0.3 is 9.30 Å². The summed E-state index contributed by atoms with van der Waals surface area (Å²) in [5.74, 6) is 0.691. The van der Waals surface area contributed by atoms with Crippen LogP contribution in [0.4, 0.5) is 4.39 Å². The molecule has 1 saturated heterocycles. The predicted octanol–water partition coefficient (Wildman–Crippen LogP) is 2.53. The van der Waals surface area contributed by atoms with Crippen LogP contribution in [0, 0.1) is 5.82 Å². The van der Waals surface area contributed by atoms with Crippen LogP contribution in [0.2, 0.25) is 0 Å². The van der Waals surface area contributed by atoms with Crippen molar-refractivity contribution in [3.63, 3.8) is 0 Å². The maximum atomic E-state index is 13.5. The number of aryl methyl sites for hydroxylation is 1. The topological polar surface area (TPSA) is 61.4 Å². The molecule has 6 nitrogen and oxygen atoms in total. The first-order chi connectivity index (χ1) is 12.7. The zero-order valence-corrected chi connectivity index (χ0v) is 14.7. The van der Waals surface area contributed by atoms with E-state index in [9.17, 15) is 9.18 Å². The fraction of sp³-hybridized carbons (Fsp3) is 0.421. The number of hydrogen-bond acceptors (Lipinski definition) is 4. The van der Waals surface area contributed by atoms with E-state index in [1.807, 2.05) is 16.7 Å². The average Bonchev–Trinajstić information content (AvgIpc) is 3.28. The molecule has 0 saturated carbocycles. The van der Waals surface area contributed by atoms with Crippen molar-refractivity contribution in [1.29, 1.82) is 0 Å². The molecule has 3 heterocycles. The van der Waals surface area contributed by atoms with Gasteiger partial charge in [0.1, 0.15) is 11.6 Å². The SMILES string of the molecule is CCCc1nnc2c(=O)n(Cc3cccc(F)c3)cc([C@@H]3CCOC3)n12. The molecule has 1 fully saturated rings. The maximum Gasteiger partial charge on any atom is 0.296 e. The Bertz CT molecular complexity index is 989. The molecule has 0 aliphatic carbocycles. The maximum absolute atomic E-state index is 13.5. The first kappa shape index (κ1) is 16.9. The van der Waals surface area contributed by atoms with Crippen LogP contribution in [0.25, 0.3) is 5.65 Å².